The molecule has 2 N–H and O–H groups in total. The van der Waals surface area contributed by atoms with Crippen LogP contribution in [0, 0.1) is 29.6 Å². The van der Waals surface area contributed by atoms with Crippen molar-refractivity contribution >= 4 is 28.6 Å². The first kappa shape index (κ1) is 43.7. The molecular formula is C42H64N2O10. The van der Waals surface area contributed by atoms with Gasteiger partial charge in [0.2, 0.25) is 0 Å². The first-order valence-electron chi connectivity index (χ1n) is 19.5. The highest BCUT2D eigenvalue weighted by atomic mass is 16.7. The van der Waals surface area contributed by atoms with E-state index in [0.717, 1.165) is 0 Å². The summed E-state index contributed by atoms with van der Waals surface area (Å²) in [6, 6.07) is 8.76. The van der Waals surface area contributed by atoms with E-state index in [1.54, 1.807) is 33.2 Å². The fourth-order valence-electron chi connectivity index (χ4n) is 9.02. The van der Waals surface area contributed by atoms with E-state index in [4.69, 9.17) is 23.7 Å². The number of likely N-dealkylation sites (N-methyl/N-ethyl adjacent to an activating group) is 1. The molecule has 0 spiro atoms. The average molecular weight is 757 g/mol. The molecule has 2 aliphatic heterocycles. The van der Waals surface area contributed by atoms with Gasteiger partial charge in [0.15, 0.2) is 12.1 Å². The van der Waals surface area contributed by atoms with Crippen LogP contribution in [-0.2, 0) is 33.3 Å². The largest absolute Gasteiger partial charge is 0.462 e. The number of ether oxygens (including phenoxy) is 5. The SMILES string of the molecule is CC[C@H]1OC(=O)C(C)C(=O)[C@H](C)[C@@H](O[C@@H]2O[C@H](C)C[C@H](N(C)C)[C@H]2O)[C@](C)(OC)C[C@@H](C)CC(C)[C@@H](CCOC(=O)c2ccnc3ccccc23)[C@]1(C)O. The van der Waals surface area contributed by atoms with Gasteiger partial charge < -0.3 is 38.8 Å². The second-order valence-corrected chi connectivity index (χ2v) is 16.5. The highest BCUT2D eigenvalue weighted by Gasteiger charge is 2.50. The summed E-state index contributed by atoms with van der Waals surface area (Å²) in [4.78, 5) is 47.6. The smallest absolute Gasteiger partial charge is 0.338 e. The molecule has 0 aliphatic carbocycles. The monoisotopic (exact) mass is 756 g/mol. The van der Waals surface area contributed by atoms with E-state index < -0.39 is 71.3 Å². The van der Waals surface area contributed by atoms with E-state index in [1.807, 2.05) is 64.0 Å². The second-order valence-electron chi connectivity index (χ2n) is 16.5. The van der Waals surface area contributed by atoms with Gasteiger partial charge in [0, 0.05) is 30.7 Å². The number of Topliss-reactive ketones (excluding diaryl/α,β-unsaturated/α-hetero) is 1. The van der Waals surface area contributed by atoms with Crippen molar-refractivity contribution in [1.82, 2.24) is 9.88 Å². The number of fused-ring (bicyclic) bond motifs is 1. The Hall–Kier alpha value is -3.00. The number of benzene rings is 1. The Morgan fingerprint density at radius 3 is 2.39 bits per heavy atom. The van der Waals surface area contributed by atoms with Crippen molar-refractivity contribution in [3.05, 3.63) is 42.1 Å². The van der Waals surface area contributed by atoms with Gasteiger partial charge in [0.1, 0.15) is 23.7 Å². The van der Waals surface area contributed by atoms with Crippen molar-refractivity contribution in [1.29, 1.82) is 0 Å². The maximum absolute atomic E-state index is 14.2. The van der Waals surface area contributed by atoms with Gasteiger partial charge in [-0.15, -0.1) is 0 Å². The average Bonchev–Trinajstić information content (AvgIpc) is 3.13. The highest BCUT2D eigenvalue weighted by molar-refractivity contribution is 6.03. The number of aliphatic hydroxyl groups excluding tert-OH is 1. The van der Waals surface area contributed by atoms with Gasteiger partial charge in [0.25, 0.3) is 0 Å². The molecule has 12 nitrogen and oxygen atoms in total. The molecule has 2 aromatic rings. The number of esters is 2. The molecule has 2 saturated heterocycles. The predicted molar refractivity (Wildman–Crippen MR) is 205 cm³/mol. The summed E-state index contributed by atoms with van der Waals surface area (Å²) in [6.07, 6.45) is -0.219. The van der Waals surface area contributed by atoms with Gasteiger partial charge in [-0.05, 0) is 104 Å². The van der Waals surface area contributed by atoms with Crippen molar-refractivity contribution in [3.63, 3.8) is 0 Å². The number of aliphatic hydroxyl groups is 2. The van der Waals surface area contributed by atoms with Crippen molar-refractivity contribution < 1.29 is 48.3 Å². The highest BCUT2D eigenvalue weighted by Crippen LogP contribution is 2.41. The number of carbonyl (C=O) groups excluding carboxylic acids is 3. The Labute approximate surface area is 321 Å². The number of cyclic esters (lactones) is 1. The van der Waals surface area contributed by atoms with Crippen LogP contribution in [0.15, 0.2) is 36.5 Å². The van der Waals surface area contributed by atoms with Crippen LogP contribution in [0.25, 0.3) is 10.9 Å². The second kappa shape index (κ2) is 18.3. The number of hydrogen-bond acceptors (Lipinski definition) is 12. The number of para-hydroxylation sites is 1. The van der Waals surface area contributed by atoms with E-state index in [0.29, 0.717) is 48.6 Å². The third-order valence-electron chi connectivity index (χ3n) is 12.1. The molecule has 2 aliphatic rings. The van der Waals surface area contributed by atoms with Crippen molar-refractivity contribution in [2.45, 2.75) is 135 Å². The Balaban J connectivity index is 1.65. The van der Waals surface area contributed by atoms with Crippen LogP contribution >= 0.6 is 0 Å². The maximum Gasteiger partial charge on any atom is 0.338 e. The number of hydrogen-bond donors (Lipinski definition) is 2. The molecule has 0 amide bonds. The summed E-state index contributed by atoms with van der Waals surface area (Å²) in [5, 5.41) is 24.4. The fraction of sp³-hybridized carbons (Fsp3) is 0.714. The number of carbonyl (C=O) groups is 3. The van der Waals surface area contributed by atoms with E-state index >= 15 is 0 Å². The molecule has 1 aromatic heterocycles. The van der Waals surface area contributed by atoms with Gasteiger partial charge in [0.05, 0.1) is 35.5 Å². The number of aromatic nitrogens is 1. The van der Waals surface area contributed by atoms with Gasteiger partial charge >= 0.3 is 11.9 Å². The van der Waals surface area contributed by atoms with Gasteiger partial charge in [-0.2, -0.15) is 0 Å². The molecule has 3 heterocycles. The quantitative estimate of drug-likeness (QED) is 0.242. The minimum absolute atomic E-state index is 0.00368. The molecular weight excluding hydrogens is 692 g/mol. The van der Waals surface area contributed by atoms with Crippen LogP contribution in [0.3, 0.4) is 0 Å². The molecule has 2 fully saturated rings. The molecule has 0 radical (unpaired) electrons. The van der Waals surface area contributed by atoms with E-state index in [1.165, 1.54) is 6.92 Å². The van der Waals surface area contributed by atoms with E-state index in [9.17, 15) is 24.6 Å². The summed E-state index contributed by atoms with van der Waals surface area (Å²) in [5.41, 5.74) is -1.49. The Kier molecular flexibility index (Phi) is 14.8. The van der Waals surface area contributed by atoms with E-state index in [2.05, 4.69) is 18.8 Å². The molecule has 12 heteroatoms. The van der Waals surface area contributed by atoms with Gasteiger partial charge in [-0.1, -0.05) is 45.9 Å². The first-order valence-corrected chi connectivity index (χ1v) is 19.5. The maximum atomic E-state index is 14.2. The van der Waals surface area contributed by atoms with Crippen LogP contribution < -0.4 is 0 Å². The van der Waals surface area contributed by atoms with Crippen LogP contribution in [0.1, 0.15) is 97.9 Å². The zero-order valence-electron chi connectivity index (χ0n) is 34.1. The van der Waals surface area contributed by atoms with Gasteiger partial charge in [-0.25, -0.2) is 4.79 Å². The van der Waals surface area contributed by atoms with E-state index in [-0.39, 0.29) is 30.6 Å². The van der Waals surface area contributed by atoms with Crippen molar-refractivity contribution in [3.8, 4) is 0 Å². The third-order valence-corrected chi connectivity index (χ3v) is 12.1. The first-order chi connectivity index (χ1) is 25.4. The van der Waals surface area contributed by atoms with Gasteiger partial charge in [-0.3, -0.25) is 14.6 Å². The van der Waals surface area contributed by atoms with Crippen molar-refractivity contribution in [2.75, 3.05) is 27.8 Å². The molecule has 2 unspecified atom stereocenters. The lowest BCUT2D eigenvalue weighted by Crippen LogP contribution is -2.59. The lowest BCUT2D eigenvalue weighted by atomic mass is 9.70. The normalized spacial score (nSPS) is 37.5. The van der Waals surface area contributed by atoms with Crippen LogP contribution in [0.4, 0.5) is 0 Å². The standard InChI is InChI=1S/C42H64N2O10/c1-12-34-42(8,49)31(18-20-51-39(48)30-17-19-43-32-16-14-13-15-29(30)32)25(3)21-24(2)23-41(7,50-11)37(27(5)35(45)28(6)38(47)53-34)54-40-36(46)33(44(9)10)22-26(4)52-40/h13-17,19,24-28,31,33-34,36-37,40,46,49H,12,18,20-23H2,1-11H3/t24-,25?,26+,27-,28?,31+,33-,34+,36+,37+,40-,41+,42-/m0/s1. The molecule has 0 bridgehead atoms. The summed E-state index contributed by atoms with van der Waals surface area (Å²) in [6.45, 7) is 14.7. The number of pyridine rings is 1. The predicted octanol–water partition coefficient (Wildman–Crippen LogP) is 5.59. The summed E-state index contributed by atoms with van der Waals surface area (Å²) in [7, 11) is 5.37. The number of methoxy groups -OCH3 is 1. The van der Waals surface area contributed by atoms with Crippen molar-refractivity contribution in [2.24, 2.45) is 29.6 Å². The number of rotatable bonds is 9. The van der Waals surface area contributed by atoms with Crippen LogP contribution in [0.2, 0.25) is 0 Å². The zero-order valence-corrected chi connectivity index (χ0v) is 34.1. The number of nitrogens with zero attached hydrogens (tertiary/aromatic N) is 2. The van der Waals surface area contributed by atoms with Crippen LogP contribution in [0.5, 0.6) is 0 Å². The molecule has 1 aromatic carbocycles. The lowest BCUT2D eigenvalue weighted by Gasteiger charge is -2.47. The molecule has 13 atom stereocenters. The zero-order chi connectivity index (χ0) is 40.1. The summed E-state index contributed by atoms with van der Waals surface area (Å²) in [5.74, 6) is -4.29. The van der Waals surface area contributed by atoms with Crippen LogP contribution in [-0.4, -0.2) is 114 Å². The number of ketones is 1. The topological polar surface area (TPSA) is 154 Å². The Morgan fingerprint density at radius 1 is 1.06 bits per heavy atom. The lowest BCUT2D eigenvalue weighted by molar-refractivity contribution is -0.295. The molecule has 4 rings (SSSR count). The minimum atomic E-state index is -1.53. The Bertz CT molecular complexity index is 1580. The summed E-state index contributed by atoms with van der Waals surface area (Å²) >= 11 is 0. The third kappa shape index (κ3) is 9.68. The minimum Gasteiger partial charge on any atom is -0.462 e. The summed E-state index contributed by atoms with van der Waals surface area (Å²) < 4.78 is 30.9. The molecule has 302 valence electrons. The molecule has 0 saturated carbocycles. The fourth-order valence-corrected chi connectivity index (χ4v) is 9.02. The molecule has 54 heavy (non-hydrogen) atoms. The Morgan fingerprint density at radius 2 is 1.74 bits per heavy atom.